The van der Waals surface area contributed by atoms with Crippen molar-refractivity contribution in [3.63, 3.8) is 0 Å². The van der Waals surface area contributed by atoms with Crippen molar-refractivity contribution >= 4 is 23.2 Å². The minimum atomic E-state index is -4.98. The van der Waals surface area contributed by atoms with Gasteiger partial charge in [-0.15, -0.1) is 5.10 Å². The van der Waals surface area contributed by atoms with Gasteiger partial charge in [-0.2, -0.15) is 13.2 Å². The van der Waals surface area contributed by atoms with Crippen LogP contribution in [0.4, 0.5) is 17.6 Å². The zero-order valence-corrected chi connectivity index (χ0v) is 20.5. The van der Waals surface area contributed by atoms with E-state index in [0.717, 1.165) is 10.6 Å². The highest BCUT2D eigenvalue weighted by Gasteiger charge is 2.39. The second kappa shape index (κ2) is 10.3. The Balaban J connectivity index is 1.82. The Hall–Kier alpha value is -3.19. The fourth-order valence-corrected chi connectivity index (χ4v) is 4.14. The molecule has 0 spiro atoms. The molecule has 0 saturated carbocycles. The van der Waals surface area contributed by atoms with Gasteiger partial charge >= 0.3 is 11.9 Å². The molecule has 0 aliphatic heterocycles. The number of hydrogen-bond acceptors (Lipinski definition) is 5. The molecule has 0 aliphatic rings. The van der Waals surface area contributed by atoms with Crippen LogP contribution in [0.2, 0.25) is 10.2 Å². The van der Waals surface area contributed by atoms with Crippen molar-refractivity contribution in [2.45, 2.75) is 38.4 Å². The highest BCUT2D eigenvalue weighted by molar-refractivity contribution is 6.32. The number of alkyl halides is 3. The number of aliphatic hydroxyl groups excluding tert-OH is 2. The van der Waals surface area contributed by atoms with E-state index in [1.54, 1.807) is 0 Å². The van der Waals surface area contributed by atoms with Crippen LogP contribution in [0.1, 0.15) is 24.7 Å². The first-order chi connectivity index (χ1) is 17.4. The van der Waals surface area contributed by atoms with Gasteiger partial charge in [0.2, 0.25) is 0 Å². The zero-order chi connectivity index (χ0) is 27.1. The van der Waals surface area contributed by atoms with E-state index < -0.39 is 43.0 Å². The summed E-state index contributed by atoms with van der Waals surface area (Å²) in [6.45, 7) is -0.0944. The summed E-state index contributed by atoms with van der Waals surface area (Å²) in [5.74, 6) is -0.548. The number of aromatic nitrogens is 5. The largest absolute Gasteiger partial charge is 0.416 e. The molecule has 14 heteroatoms. The molecule has 2 atom stereocenters. The molecule has 0 saturated heterocycles. The van der Waals surface area contributed by atoms with Gasteiger partial charge in [-0.05, 0) is 37.3 Å². The van der Waals surface area contributed by atoms with Crippen LogP contribution in [0, 0.1) is 5.82 Å². The maximum absolute atomic E-state index is 13.8. The average Bonchev–Trinajstić information content (AvgIpc) is 3.35. The van der Waals surface area contributed by atoms with E-state index in [9.17, 15) is 32.6 Å². The lowest BCUT2D eigenvalue weighted by Crippen LogP contribution is -2.37. The SMILES string of the molecule is C[C@H](O)c1nc(Cn2c(Cl)c(-c3ccc(Cl)cc3)n(CC(O)C(F)(F)F)c2=O)nn1-c1cccc(F)c1. The predicted octanol–water partition coefficient (Wildman–Crippen LogP) is 4.37. The monoisotopic (exact) mass is 559 g/mol. The number of hydrogen-bond donors (Lipinski definition) is 2. The summed E-state index contributed by atoms with van der Waals surface area (Å²) in [5.41, 5.74) is -0.505. The molecular weight excluding hydrogens is 541 g/mol. The predicted molar refractivity (Wildman–Crippen MR) is 127 cm³/mol. The van der Waals surface area contributed by atoms with Crippen LogP contribution in [0.25, 0.3) is 16.9 Å². The normalized spacial score (nSPS) is 13.6. The lowest BCUT2D eigenvalue weighted by Gasteiger charge is -2.16. The van der Waals surface area contributed by atoms with E-state index in [4.69, 9.17) is 23.2 Å². The van der Waals surface area contributed by atoms with Crippen LogP contribution < -0.4 is 5.69 Å². The van der Waals surface area contributed by atoms with E-state index in [-0.39, 0.29) is 33.7 Å². The van der Waals surface area contributed by atoms with Crippen LogP contribution in [0.5, 0.6) is 0 Å². The first-order valence-corrected chi connectivity index (χ1v) is 11.5. The summed E-state index contributed by atoms with van der Waals surface area (Å²) in [6, 6.07) is 11.2. The van der Waals surface area contributed by atoms with Gasteiger partial charge in [-0.3, -0.25) is 9.13 Å². The third-order valence-corrected chi connectivity index (χ3v) is 6.05. The molecule has 4 rings (SSSR count). The van der Waals surface area contributed by atoms with Crippen molar-refractivity contribution < 1.29 is 27.8 Å². The smallest absolute Gasteiger partial charge is 0.385 e. The van der Waals surface area contributed by atoms with Crippen LogP contribution in [-0.2, 0) is 13.1 Å². The number of halogens is 6. The Morgan fingerprint density at radius 2 is 1.73 bits per heavy atom. The van der Waals surface area contributed by atoms with Crippen molar-refractivity contribution in [2.75, 3.05) is 0 Å². The van der Waals surface area contributed by atoms with Crippen molar-refractivity contribution in [2.24, 2.45) is 0 Å². The second-order valence-electron chi connectivity index (χ2n) is 8.14. The molecule has 37 heavy (non-hydrogen) atoms. The fourth-order valence-electron chi connectivity index (χ4n) is 3.68. The summed E-state index contributed by atoms with van der Waals surface area (Å²) >= 11 is 12.4. The summed E-state index contributed by atoms with van der Waals surface area (Å²) < 4.78 is 56.0. The molecule has 0 amide bonds. The van der Waals surface area contributed by atoms with Gasteiger partial charge in [-0.1, -0.05) is 41.4 Å². The van der Waals surface area contributed by atoms with Gasteiger partial charge in [0.1, 0.15) is 17.1 Å². The molecule has 8 nitrogen and oxygen atoms in total. The Kier molecular flexibility index (Phi) is 7.47. The minimum absolute atomic E-state index is 0.0275. The second-order valence-corrected chi connectivity index (χ2v) is 8.93. The van der Waals surface area contributed by atoms with Crippen LogP contribution in [0.3, 0.4) is 0 Å². The van der Waals surface area contributed by atoms with Gasteiger partial charge in [0.25, 0.3) is 0 Å². The molecule has 4 aromatic rings. The van der Waals surface area contributed by atoms with Crippen molar-refractivity contribution in [3.05, 3.63) is 86.7 Å². The molecule has 2 N–H and O–H groups in total. The molecule has 0 radical (unpaired) electrons. The third kappa shape index (κ3) is 5.57. The molecule has 2 heterocycles. The van der Waals surface area contributed by atoms with E-state index in [1.165, 1.54) is 54.1 Å². The first-order valence-electron chi connectivity index (χ1n) is 10.8. The highest BCUT2D eigenvalue weighted by atomic mass is 35.5. The van der Waals surface area contributed by atoms with E-state index in [2.05, 4.69) is 10.1 Å². The third-order valence-electron chi connectivity index (χ3n) is 5.42. The number of benzene rings is 2. The maximum atomic E-state index is 13.8. The molecule has 196 valence electrons. The first kappa shape index (κ1) is 26.9. The average molecular weight is 560 g/mol. The molecule has 0 fully saturated rings. The maximum Gasteiger partial charge on any atom is 0.416 e. The quantitative estimate of drug-likeness (QED) is 0.328. The van der Waals surface area contributed by atoms with Gasteiger partial charge in [0.05, 0.1) is 24.5 Å². The van der Waals surface area contributed by atoms with Crippen LogP contribution in [-0.4, -0.2) is 46.4 Å². The van der Waals surface area contributed by atoms with Crippen LogP contribution >= 0.6 is 23.2 Å². The Morgan fingerprint density at radius 3 is 2.32 bits per heavy atom. The zero-order valence-electron chi connectivity index (χ0n) is 19.0. The summed E-state index contributed by atoms with van der Waals surface area (Å²) in [6.07, 6.45) is -8.95. The van der Waals surface area contributed by atoms with Gasteiger partial charge in [0.15, 0.2) is 17.8 Å². The Bertz CT molecular complexity index is 1480. The lowest BCUT2D eigenvalue weighted by atomic mass is 10.1. The fraction of sp³-hybridized carbons (Fsp3) is 0.261. The Labute approximate surface area is 216 Å². The van der Waals surface area contributed by atoms with Crippen molar-refractivity contribution in [3.8, 4) is 16.9 Å². The summed E-state index contributed by atoms with van der Waals surface area (Å²) in [7, 11) is 0. The number of imidazole rings is 1. The van der Waals surface area contributed by atoms with Gasteiger partial charge < -0.3 is 10.2 Å². The number of aliphatic hydroxyl groups is 2. The standard InChI is InChI=1S/C23H19Cl2F4N5O3/c1-12(35)21-30-18(31-34(21)16-4-2-3-15(26)9-16)11-33-20(25)19(13-5-7-14(24)8-6-13)32(22(33)37)10-17(36)23(27,28)29/h2-9,12,17,35-36H,10-11H2,1H3/t12-,17?/m0/s1. The van der Waals surface area contributed by atoms with Crippen molar-refractivity contribution in [1.82, 2.24) is 23.9 Å². The molecule has 1 unspecified atom stereocenters. The molecule has 0 aliphatic carbocycles. The topological polar surface area (TPSA) is 98.1 Å². The van der Waals surface area contributed by atoms with Gasteiger partial charge in [0, 0.05) is 10.6 Å². The molecule has 2 aromatic heterocycles. The van der Waals surface area contributed by atoms with Gasteiger partial charge in [-0.25, -0.2) is 18.9 Å². The van der Waals surface area contributed by atoms with E-state index >= 15 is 0 Å². The lowest BCUT2D eigenvalue weighted by molar-refractivity contribution is -0.207. The molecular formula is C23H19Cl2F4N5O3. The number of rotatable bonds is 7. The van der Waals surface area contributed by atoms with Crippen molar-refractivity contribution in [1.29, 1.82) is 0 Å². The van der Waals surface area contributed by atoms with E-state index in [0.29, 0.717) is 9.59 Å². The van der Waals surface area contributed by atoms with Crippen LogP contribution in [0.15, 0.2) is 53.3 Å². The summed E-state index contributed by atoms with van der Waals surface area (Å²) in [5, 5.41) is 24.2. The molecule has 0 bridgehead atoms. The highest BCUT2D eigenvalue weighted by Crippen LogP contribution is 2.31. The number of nitrogens with zero attached hydrogens (tertiary/aromatic N) is 5. The minimum Gasteiger partial charge on any atom is -0.385 e. The molecule has 2 aromatic carbocycles. The van der Waals surface area contributed by atoms with E-state index in [1.807, 2.05) is 0 Å². The summed E-state index contributed by atoms with van der Waals surface area (Å²) in [4.78, 5) is 17.5. The Morgan fingerprint density at radius 1 is 1.05 bits per heavy atom.